The summed E-state index contributed by atoms with van der Waals surface area (Å²) < 4.78 is 29.2. The fourth-order valence-corrected chi connectivity index (χ4v) is 1.09. The molecule has 0 saturated carbocycles. The van der Waals surface area contributed by atoms with Crippen LogP contribution in [-0.2, 0) is 4.74 Å². The van der Waals surface area contributed by atoms with Crippen molar-refractivity contribution in [2.75, 3.05) is 12.8 Å². The lowest BCUT2D eigenvalue weighted by molar-refractivity contribution is 0.0594. The van der Waals surface area contributed by atoms with Crippen LogP contribution in [0.5, 0.6) is 0 Å². The van der Waals surface area contributed by atoms with Gasteiger partial charge in [-0.25, -0.2) is 18.6 Å². The number of nitriles is 1. The van der Waals surface area contributed by atoms with Crippen molar-refractivity contribution < 1.29 is 18.3 Å². The first-order valence-electron chi connectivity index (χ1n) is 4.07. The molecule has 16 heavy (non-hydrogen) atoms. The molecule has 0 spiro atoms. The molecule has 0 unspecified atom stereocenters. The Morgan fingerprint density at radius 3 is 2.75 bits per heavy atom. The number of anilines is 1. The van der Waals surface area contributed by atoms with Crippen molar-refractivity contribution in [3.63, 3.8) is 0 Å². The third-order valence-electron chi connectivity index (χ3n) is 1.87. The highest BCUT2D eigenvalue weighted by atomic mass is 19.3. The highest BCUT2D eigenvalue weighted by Gasteiger charge is 2.22. The maximum absolute atomic E-state index is 12.4. The summed E-state index contributed by atoms with van der Waals surface area (Å²) in [6, 6.07) is 1.51. The predicted molar refractivity (Wildman–Crippen MR) is 49.7 cm³/mol. The Bertz CT molecular complexity index is 469. The molecule has 2 N–H and O–H groups in total. The van der Waals surface area contributed by atoms with Crippen molar-refractivity contribution in [1.82, 2.24) is 4.98 Å². The molecule has 0 amide bonds. The Morgan fingerprint density at radius 2 is 2.31 bits per heavy atom. The molecule has 0 aromatic carbocycles. The number of halogens is 2. The second-order valence-corrected chi connectivity index (χ2v) is 2.75. The van der Waals surface area contributed by atoms with Crippen LogP contribution < -0.4 is 5.73 Å². The van der Waals surface area contributed by atoms with Gasteiger partial charge in [0, 0.05) is 6.20 Å². The van der Waals surface area contributed by atoms with Crippen molar-refractivity contribution in [3.05, 3.63) is 23.0 Å². The average Bonchev–Trinajstić information content (AvgIpc) is 2.27. The number of aromatic nitrogens is 1. The number of nitrogens with two attached hydrogens (primary N) is 1. The molecule has 0 aliphatic heterocycles. The Balaban J connectivity index is 3.42. The van der Waals surface area contributed by atoms with E-state index in [9.17, 15) is 13.6 Å². The number of rotatable bonds is 2. The van der Waals surface area contributed by atoms with Gasteiger partial charge < -0.3 is 10.5 Å². The maximum atomic E-state index is 12.4. The fraction of sp³-hybridized carbons (Fsp3) is 0.222. The summed E-state index contributed by atoms with van der Waals surface area (Å²) >= 11 is 0. The number of carbonyl (C=O) groups is 1. The van der Waals surface area contributed by atoms with E-state index in [-0.39, 0.29) is 5.69 Å². The lowest BCUT2D eigenvalue weighted by Crippen LogP contribution is -2.11. The number of carbonyl (C=O) groups excluding carboxylic acids is 1. The minimum atomic E-state index is -2.88. The number of nitrogens with zero attached hydrogens (tertiary/aromatic N) is 2. The van der Waals surface area contributed by atoms with Crippen LogP contribution in [0.25, 0.3) is 0 Å². The van der Waals surface area contributed by atoms with Gasteiger partial charge in [-0.2, -0.15) is 5.26 Å². The fourth-order valence-electron chi connectivity index (χ4n) is 1.09. The number of alkyl halides is 2. The van der Waals surface area contributed by atoms with Crippen molar-refractivity contribution in [1.29, 1.82) is 5.26 Å². The summed E-state index contributed by atoms with van der Waals surface area (Å²) in [6.07, 6.45) is -2.14. The second-order valence-electron chi connectivity index (χ2n) is 2.75. The first-order valence-corrected chi connectivity index (χ1v) is 4.07. The molecule has 1 heterocycles. The van der Waals surface area contributed by atoms with E-state index >= 15 is 0 Å². The van der Waals surface area contributed by atoms with Gasteiger partial charge in [0.15, 0.2) is 5.69 Å². The van der Waals surface area contributed by atoms with E-state index in [0.717, 1.165) is 13.3 Å². The number of esters is 1. The number of methoxy groups -OCH3 is 1. The smallest absolute Gasteiger partial charge is 0.358 e. The Kier molecular flexibility index (Phi) is 3.35. The van der Waals surface area contributed by atoms with Crippen LogP contribution in [0, 0.1) is 11.3 Å². The van der Waals surface area contributed by atoms with E-state index < -0.39 is 29.2 Å². The molecule has 0 aliphatic rings. The van der Waals surface area contributed by atoms with Gasteiger partial charge in [-0.1, -0.05) is 0 Å². The molecular formula is C9H7F2N3O2. The summed E-state index contributed by atoms with van der Waals surface area (Å²) in [5, 5.41) is 8.68. The van der Waals surface area contributed by atoms with Crippen LogP contribution >= 0.6 is 0 Å². The molecule has 0 atom stereocenters. The van der Waals surface area contributed by atoms with E-state index in [4.69, 9.17) is 11.0 Å². The Labute approximate surface area is 89.4 Å². The molecule has 5 nitrogen and oxygen atoms in total. The van der Waals surface area contributed by atoms with Gasteiger partial charge in [0.2, 0.25) is 0 Å². The van der Waals surface area contributed by atoms with Crippen LogP contribution in [0.4, 0.5) is 14.5 Å². The van der Waals surface area contributed by atoms with E-state index in [1.54, 1.807) is 0 Å². The first kappa shape index (κ1) is 11.8. The van der Waals surface area contributed by atoms with E-state index in [1.807, 2.05) is 0 Å². The lowest BCUT2D eigenvalue weighted by Gasteiger charge is -2.08. The standard InChI is InChI=1S/C9H7F2N3O2/c1-16-9(15)7-6(13)4(2-12)5(3-14-7)8(10)11/h3,8H,13H2,1H3. The van der Waals surface area contributed by atoms with Crippen molar-refractivity contribution >= 4 is 11.7 Å². The molecule has 0 fully saturated rings. The maximum Gasteiger partial charge on any atom is 0.358 e. The van der Waals surface area contributed by atoms with Crippen LogP contribution in [0.2, 0.25) is 0 Å². The normalized spacial score (nSPS) is 9.94. The minimum Gasteiger partial charge on any atom is -0.464 e. The molecule has 1 rings (SSSR count). The van der Waals surface area contributed by atoms with Gasteiger partial charge in [-0.15, -0.1) is 0 Å². The van der Waals surface area contributed by atoms with Crippen LogP contribution in [-0.4, -0.2) is 18.1 Å². The Hall–Kier alpha value is -2.23. The van der Waals surface area contributed by atoms with Crippen LogP contribution in [0.3, 0.4) is 0 Å². The molecule has 84 valence electrons. The van der Waals surface area contributed by atoms with Gasteiger partial charge in [0.25, 0.3) is 6.43 Å². The van der Waals surface area contributed by atoms with Crippen LogP contribution in [0.15, 0.2) is 6.20 Å². The van der Waals surface area contributed by atoms with Gasteiger partial charge >= 0.3 is 5.97 Å². The molecule has 0 bridgehead atoms. The number of nitrogen functional groups attached to an aromatic ring is 1. The quantitative estimate of drug-likeness (QED) is 0.768. The number of hydrogen-bond donors (Lipinski definition) is 1. The second kappa shape index (κ2) is 4.53. The minimum absolute atomic E-state index is 0.344. The monoisotopic (exact) mass is 227 g/mol. The number of ether oxygens (including phenoxy) is 1. The molecule has 0 aliphatic carbocycles. The average molecular weight is 227 g/mol. The highest BCUT2D eigenvalue weighted by molar-refractivity contribution is 5.94. The zero-order chi connectivity index (χ0) is 12.3. The molecular weight excluding hydrogens is 220 g/mol. The summed E-state index contributed by atoms with van der Waals surface area (Å²) in [7, 11) is 1.09. The highest BCUT2D eigenvalue weighted by Crippen LogP contribution is 2.27. The molecule has 0 radical (unpaired) electrons. The third kappa shape index (κ3) is 1.91. The zero-order valence-electron chi connectivity index (χ0n) is 8.20. The topological polar surface area (TPSA) is 89.0 Å². The summed E-state index contributed by atoms with van der Waals surface area (Å²) in [6.45, 7) is 0. The summed E-state index contributed by atoms with van der Waals surface area (Å²) in [5.41, 5.74) is 3.59. The molecule has 1 aromatic heterocycles. The number of hydrogen-bond acceptors (Lipinski definition) is 5. The van der Waals surface area contributed by atoms with Crippen molar-refractivity contribution in [2.45, 2.75) is 6.43 Å². The summed E-state index contributed by atoms with van der Waals surface area (Å²) in [4.78, 5) is 14.6. The van der Waals surface area contributed by atoms with Gasteiger partial charge in [0.05, 0.1) is 23.9 Å². The lowest BCUT2D eigenvalue weighted by atomic mass is 10.1. The van der Waals surface area contributed by atoms with E-state index in [1.165, 1.54) is 6.07 Å². The van der Waals surface area contributed by atoms with E-state index in [2.05, 4.69) is 9.72 Å². The van der Waals surface area contributed by atoms with Crippen molar-refractivity contribution in [2.24, 2.45) is 0 Å². The largest absolute Gasteiger partial charge is 0.464 e. The SMILES string of the molecule is COC(=O)c1ncc(C(F)F)c(C#N)c1N. The summed E-state index contributed by atoms with van der Waals surface area (Å²) in [5.74, 6) is -0.880. The van der Waals surface area contributed by atoms with Gasteiger partial charge in [0.1, 0.15) is 6.07 Å². The van der Waals surface area contributed by atoms with Gasteiger partial charge in [-0.3, -0.25) is 0 Å². The molecule has 7 heteroatoms. The van der Waals surface area contributed by atoms with Gasteiger partial charge in [-0.05, 0) is 0 Å². The molecule has 1 aromatic rings. The van der Waals surface area contributed by atoms with E-state index in [0.29, 0.717) is 0 Å². The zero-order valence-corrected chi connectivity index (χ0v) is 8.20. The van der Waals surface area contributed by atoms with Crippen LogP contribution in [0.1, 0.15) is 28.0 Å². The van der Waals surface area contributed by atoms with Crippen molar-refractivity contribution in [3.8, 4) is 6.07 Å². The Morgan fingerprint density at radius 1 is 1.69 bits per heavy atom. The third-order valence-corrected chi connectivity index (χ3v) is 1.87. The molecule has 0 saturated heterocycles. The number of pyridine rings is 1. The predicted octanol–water partition coefficient (Wildman–Crippen LogP) is 1.26. The first-order chi connectivity index (χ1) is 7.52.